The molecule has 0 spiro atoms. The zero-order valence-corrected chi connectivity index (χ0v) is 12.5. The molecule has 0 bridgehead atoms. The van der Waals surface area contributed by atoms with Crippen LogP contribution in [0.2, 0.25) is 0 Å². The molecule has 0 amide bonds. The highest BCUT2D eigenvalue weighted by atomic mass is 79.9. The van der Waals surface area contributed by atoms with Gasteiger partial charge in [0, 0.05) is 32.2 Å². The lowest BCUT2D eigenvalue weighted by Gasteiger charge is -1.99. The van der Waals surface area contributed by atoms with Crippen molar-refractivity contribution in [2.75, 3.05) is 5.73 Å². The number of hydrogen-bond donors (Lipinski definition) is 1. The van der Waals surface area contributed by atoms with Crippen molar-refractivity contribution in [1.29, 1.82) is 0 Å². The minimum absolute atomic E-state index is 0.771. The molecule has 0 fully saturated rings. The molecular weight excluding hydrogens is 322 g/mol. The first-order valence-corrected chi connectivity index (χ1v) is 7.49. The summed E-state index contributed by atoms with van der Waals surface area (Å²) in [5, 5.41) is 6.47. The number of anilines is 1. The summed E-state index contributed by atoms with van der Waals surface area (Å²) in [6.45, 7) is 0.790. The van der Waals surface area contributed by atoms with E-state index >= 15 is 0 Å². The Kier molecular flexibility index (Phi) is 3.40. The van der Waals surface area contributed by atoms with E-state index < -0.39 is 0 Å². The summed E-state index contributed by atoms with van der Waals surface area (Å²) in [6.07, 6.45) is 3.92. The Balaban J connectivity index is 1.83. The van der Waals surface area contributed by atoms with Crippen molar-refractivity contribution in [2.45, 2.75) is 6.54 Å². The maximum absolute atomic E-state index is 5.80. The SMILES string of the molecule is Nc1cccc(-c2cnn(Cc3cc(Br)cs3)c2)c1. The van der Waals surface area contributed by atoms with Gasteiger partial charge in [0.15, 0.2) is 0 Å². The van der Waals surface area contributed by atoms with Crippen molar-refractivity contribution in [1.82, 2.24) is 9.78 Å². The molecule has 19 heavy (non-hydrogen) atoms. The Bertz CT molecular complexity index is 702. The molecule has 0 unspecified atom stereocenters. The molecule has 2 N–H and O–H groups in total. The fraction of sp³-hybridized carbons (Fsp3) is 0.0714. The van der Waals surface area contributed by atoms with E-state index in [1.807, 2.05) is 41.3 Å². The second kappa shape index (κ2) is 5.19. The lowest BCUT2D eigenvalue weighted by Crippen LogP contribution is -1.97. The van der Waals surface area contributed by atoms with Crippen LogP contribution in [-0.4, -0.2) is 9.78 Å². The molecular formula is C14H12BrN3S. The Morgan fingerprint density at radius 2 is 2.16 bits per heavy atom. The molecule has 2 heterocycles. The first kappa shape index (κ1) is 12.4. The molecule has 5 heteroatoms. The van der Waals surface area contributed by atoms with Gasteiger partial charge in [-0.3, -0.25) is 4.68 Å². The summed E-state index contributed by atoms with van der Waals surface area (Å²) in [7, 11) is 0. The number of nitrogens with zero attached hydrogens (tertiary/aromatic N) is 2. The standard InChI is InChI=1S/C14H12BrN3S/c15-12-5-14(19-9-12)8-18-7-11(6-17-18)10-2-1-3-13(16)4-10/h1-7,9H,8,16H2. The summed E-state index contributed by atoms with van der Waals surface area (Å²) < 4.78 is 3.06. The van der Waals surface area contributed by atoms with Crippen LogP contribution in [0.25, 0.3) is 11.1 Å². The van der Waals surface area contributed by atoms with Gasteiger partial charge in [-0.25, -0.2) is 0 Å². The fourth-order valence-corrected chi connectivity index (χ4v) is 3.36. The van der Waals surface area contributed by atoms with Gasteiger partial charge in [-0.15, -0.1) is 11.3 Å². The monoisotopic (exact) mass is 333 g/mol. The van der Waals surface area contributed by atoms with E-state index in [0.717, 1.165) is 27.8 Å². The summed E-state index contributed by atoms with van der Waals surface area (Å²) in [5.41, 5.74) is 8.75. The summed E-state index contributed by atoms with van der Waals surface area (Å²) in [5.74, 6) is 0. The Hall–Kier alpha value is -1.59. The molecule has 0 saturated heterocycles. The van der Waals surface area contributed by atoms with Crippen LogP contribution < -0.4 is 5.73 Å². The van der Waals surface area contributed by atoms with Crippen molar-refractivity contribution in [3.63, 3.8) is 0 Å². The van der Waals surface area contributed by atoms with E-state index in [2.05, 4.69) is 32.5 Å². The Labute approximate surface area is 123 Å². The maximum atomic E-state index is 5.80. The van der Waals surface area contributed by atoms with Gasteiger partial charge in [0.2, 0.25) is 0 Å². The summed E-state index contributed by atoms with van der Waals surface area (Å²) in [6, 6.07) is 9.96. The molecule has 0 atom stereocenters. The highest BCUT2D eigenvalue weighted by Gasteiger charge is 2.04. The third-order valence-corrected chi connectivity index (χ3v) is 4.48. The highest BCUT2D eigenvalue weighted by molar-refractivity contribution is 9.10. The van der Waals surface area contributed by atoms with Crippen LogP contribution in [0.1, 0.15) is 4.88 Å². The normalized spacial score (nSPS) is 10.8. The zero-order chi connectivity index (χ0) is 13.2. The van der Waals surface area contributed by atoms with Gasteiger partial charge in [-0.1, -0.05) is 12.1 Å². The first-order valence-electron chi connectivity index (χ1n) is 5.82. The van der Waals surface area contributed by atoms with Crippen LogP contribution in [0.5, 0.6) is 0 Å². The minimum Gasteiger partial charge on any atom is -0.399 e. The number of benzene rings is 1. The Morgan fingerprint density at radius 3 is 2.89 bits per heavy atom. The molecule has 0 aliphatic heterocycles. The third-order valence-electron chi connectivity index (χ3n) is 2.79. The van der Waals surface area contributed by atoms with Gasteiger partial charge in [0.05, 0.1) is 12.7 Å². The van der Waals surface area contributed by atoms with Gasteiger partial charge >= 0.3 is 0 Å². The fourth-order valence-electron chi connectivity index (χ4n) is 1.91. The van der Waals surface area contributed by atoms with E-state index in [1.54, 1.807) is 11.3 Å². The van der Waals surface area contributed by atoms with E-state index in [4.69, 9.17) is 5.73 Å². The third kappa shape index (κ3) is 2.88. The van der Waals surface area contributed by atoms with Crippen molar-refractivity contribution in [3.05, 3.63) is 57.5 Å². The maximum Gasteiger partial charge on any atom is 0.0752 e. The minimum atomic E-state index is 0.771. The smallest absolute Gasteiger partial charge is 0.0752 e. The van der Waals surface area contributed by atoms with Crippen LogP contribution in [0, 0.1) is 0 Å². The number of nitrogen functional groups attached to an aromatic ring is 1. The lowest BCUT2D eigenvalue weighted by molar-refractivity contribution is 0.695. The molecule has 3 aromatic rings. The van der Waals surface area contributed by atoms with Crippen molar-refractivity contribution in [2.24, 2.45) is 0 Å². The van der Waals surface area contributed by atoms with Gasteiger partial charge < -0.3 is 5.73 Å². The average Bonchev–Trinajstić information content (AvgIpc) is 2.99. The number of rotatable bonds is 3. The molecule has 2 aromatic heterocycles. The number of thiophene rings is 1. The quantitative estimate of drug-likeness (QED) is 0.736. The van der Waals surface area contributed by atoms with Crippen molar-refractivity contribution < 1.29 is 0 Å². The summed E-state index contributed by atoms with van der Waals surface area (Å²) in [4.78, 5) is 1.27. The molecule has 0 aliphatic rings. The lowest BCUT2D eigenvalue weighted by atomic mass is 10.1. The van der Waals surface area contributed by atoms with Crippen LogP contribution in [0.3, 0.4) is 0 Å². The van der Waals surface area contributed by atoms with E-state index in [-0.39, 0.29) is 0 Å². The molecule has 1 aromatic carbocycles. The second-order valence-electron chi connectivity index (χ2n) is 4.28. The summed E-state index contributed by atoms with van der Waals surface area (Å²) >= 11 is 5.19. The molecule has 0 aliphatic carbocycles. The molecule has 0 radical (unpaired) electrons. The molecule has 3 rings (SSSR count). The van der Waals surface area contributed by atoms with E-state index in [1.165, 1.54) is 4.88 Å². The molecule has 3 nitrogen and oxygen atoms in total. The van der Waals surface area contributed by atoms with Crippen LogP contribution in [0.15, 0.2) is 52.6 Å². The Morgan fingerprint density at radius 1 is 1.26 bits per heavy atom. The second-order valence-corrected chi connectivity index (χ2v) is 6.19. The van der Waals surface area contributed by atoms with E-state index in [9.17, 15) is 0 Å². The van der Waals surface area contributed by atoms with E-state index in [0.29, 0.717) is 0 Å². The van der Waals surface area contributed by atoms with Gasteiger partial charge in [-0.05, 0) is 39.7 Å². The predicted octanol–water partition coefficient (Wildman–Crippen LogP) is 4.00. The average molecular weight is 334 g/mol. The topological polar surface area (TPSA) is 43.8 Å². The number of halogens is 1. The van der Waals surface area contributed by atoms with Crippen LogP contribution in [0.4, 0.5) is 5.69 Å². The van der Waals surface area contributed by atoms with Crippen LogP contribution in [-0.2, 0) is 6.54 Å². The van der Waals surface area contributed by atoms with Gasteiger partial charge in [0.1, 0.15) is 0 Å². The first-order chi connectivity index (χ1) is 9.20. The molecule has 0 saturated carbocycles. The predicted molar refractivity (Wildman–Crippen MR) is 83.2 cm³/mol. The van der Waals surface area contributed by atoms with Gasteiger partial charge in [0.25, 0.3) is 0 Å². The largest absolute Gasteiger partial charge is 0.399 e. The van der Waals surface area contributed by atoms with Crippen molar-refractivity contribution >= 4 is 33.0 Å². The van der Waals surface area contributed by atoms with Crippen LogP contribution >= 0.6 is 27.3 Å². The number of hydrogen-bond acceptors (Lipinski definition) is 3. The zero-order valence-electron chi connectivity index (χ0n) is 10.1. The molecule has 96 valence electrons. The number of aromatic nitrogens is 2. The van der Waals surface area contributed by atoms with Crippen molar-refractivity contribution in [3.8, 4) is 11.1 Å². The highest BCUT2D eigenvalue weighted by Crippen LogP contribution is 2.23. The number of nitrogens with two attached hydrogens (primary N) is 1. The van der Waals surface area contributed by atoms with Gasteiger partial charge in [-0.2, -0.15) is 5.10 Å².